The summed E-state index contributed by atoms with van der Waals surface area (Å²) in [4.78, 5) is 23.0. The molecular formula is C23H32F6N2O6. The molecule has 1 aromatic carbocycles. The Labute approximate surface area is 210 Å². The van der Waals surface area contributed by atoms with Crippen LogP contribution in [0.3, 0.4) is 0 Å². The molecule has 14 heteroatoms. The molecule has 3 rings (SSSR count). The highest BCUT2D eigenvalue weighted by Gasteiger charge is 2.45. The highest BCUT2D eigenvalue weighted by atomic mass is 19.4. The minimum Gasteiger partial charge on any atom is -0.496 e. The van der Waals surface area contributed by atoms with Crippen molar-refractivity contribution in [2.75, 3.05) is 41.0 Å². The number of benzene rings is 1. The van der Waals surface area contributed by atoms with Crippen molar-refractivity contribution in [3.8, 4) is 5.75 Å². The second-order valence-corrected chi connectivity index (χ2v) is 8.68. The smallest absolute Gasteiger partial charge is 0.490 e. The first-order valence-corrected chi connectivity index (χ1v) is 11.2. The topological polar surface area (TPSA) is 99.5 Å². The van der Waals surface area contributed by atoms with Gasteiger partial charge in [-0.15, -0.1) is 0 Å². The number of rotatable bonds is 5. The van der Waals surface area contributed by atoms with Crippen molar-refractivity contribution in [3.05, 3.63) is 29.8 Å². The van der Waals surface area contributed by atoms with E-state index >= 15 is 0 Å². The second kappa shape index (κ2) is 13.8. The Morgan fingerprint density at radius 2 is 1.46 bits per heavy atom. The van der Waals surface area contributed by atoms with E-state index in [0.717, 1.165) is 18.9 Å². The van der Waals surface area contributed by atoms with Crippen LogP contribution in [0.25, 0.3) is 0 Å². The van der Waals surface area contributed by atoms with E-state index in [2.05, 4.69) is 35.0 Å². The van der Waals surface area contributed by atoms with Crippen LogP contribution in [0.4, 0.5) is 26.3 Å². The average molecular weight is 547 g/mol. The Kier molecular flexibility index (Phi) is 12.1. The summed E-state index contributed by atoms with van der Waals surface area (Å²) in [6.07, 6.45) is -5.05. The summed E-state index contributed by atoms with van der Waals surface area (Å²) in [5.74, 6) is -4.51. The second-order valence-electron chi connectivity index (χ2n) is 8.68. The zero-order valence-electron chi connectivity index (χ0n) is 20.7. The molecule has 0 radical (unpaired) electrons. The lowest BCUT2D eigenvalue weighted by Gasteiger charge is -2.45. The molecule has 0 saturated carbocycles. The lowest BCUT2D eigenvalue weighted by Crippen LogP contribution is -2.52. The predicted octanol–water partition coefficient (Wildman–Crippen LogP) is 4.04. The molecule has 212 valence electrons. The number of ether oxygens (including phenoxy) is 2. The number of nitrogens with zero attached hydrogens (tertiary/aromatic N) is 2. The van der Waals surface area contributed by atoms with E-state index in [0.29, 0.717) is 11.6 Å². The molecule has 1 atom stereocenters. The van der Waals surface area contributed by atoms with Gasteiger partial charge in [-0.25, -0.2) is 9.59 Å². The van der Waals surface area contributed by atoms with E-state index in [1.165, 1.54) is 44.3 Å². The van der Waals surface area contributed by atoms with E-state index in [1.807, 2.05) is 13.2 Å². The molecular weight excluding hydrogens is 514 g/mol. The Hall–Kier alpha value is -2.58. The molecule has 1 aromatic rings. The predicted molar refractivity (Wildman–Crippen MR) is 120 cm³/mol. The fourth-order valence-electron chi connectivity index (χ4n) is 4.38. The maximum Gasteiger partial charge on any atom is 0.490 e. The van der Waals surface area contributed by atoms with Gasteiger partial charge >= 0.3 is 24.3 Å². The summed E-state index contributed by atoms with van der Waals surface area (Å²) in [6, 6.07) is 8.97. The molecule has 0 aromatic heterocycles. The molecule has 1 unspecified atom stereocenters. The van der Waals surface area contributed by atoms with Crippen molar-refractivity contribution in [3.63, 3.8) is 0 Å². The van der Waals surface area contributed by atoms with E-state index in [1.54, 1.807) is 7.11 Å². The summed E-state index contributed by atoms with van der Waals surface area (Å²) < 4.78 is 74.4. The third-order valence-corrected chi connectivity index (χ3v) is 6.46. The monoisotopic (exact) mass is 546 g/mol. The first kappa shape index (κ1) is 32.4. The average Bonchev–Trinajstić information content (AvgIpc) is 3.11. The maximum atomic E-state index is 10.6. The third kappa shape index (κ3) is 10.0. The van der Waals surface area contributed by atoms with Gasteiger partial charge in [0.25, 0.3) is 0 Å². The fraction of sp³-hybridized carbons (Fsp3) is 0.652. The van der Waals surface area contributed by atoms with Gasteiger partial charge in [-0.1, -0.05) is 18.2 Å². The number of carboxylic acids is 2. The molecule has 0 bridgehead atoms. The van der Waals surface area contributed by atoms with Crippen LogP contribution < -0.4 is 4.74 Å². The normalized spacial score (nSPS) is 19.9. The van der Waals surface area contributed by atoms with Crippen LogP contribution in [0.5, 0.6) is 5.75 Å². The number of carbonyl (C=O) groups is 2. The van der Waals surface area contributed by atoms with Crippen LogP contribution in [-0.2, 0) is 20.9 Å². The number of aliphatic carboxylic acids is 2. The minimum absolute atomic E-state index is 0.403. The molecule has 2 N–H and O–H groups in total. The Morgan fingerprint density at radius 1 is 0.973 bits per heavy atom. The van der Waals surface area contributed by atoms with Crippen molar-refractivity contribution in [1.82, 2.24) is 9.80 Å². The van der Waals surface area contributed by atoms with Gasteiger partial charge in [-0.3, -0.25) is 9.80 Å². The number of hydrogen-bond donors (Lipinski definition) is 2. The van der Waals surface area contributed by atoms with Crippen LogP contribution >= 0.6 is 0 Å². The first-order chi connectivity index (χ1) is 17.1. The number of likely N-dealkylation sites (tertiary alicyclic amines) is 2. The molecule has 37 heavy (non-hydrogen) atoms. The standard InChI is InChI=1S/C19H30N2O2.2C2HF3O2/c1-20-17(15-22-2)8-9-19(20)10-12-21(13-11-19)14-16-6-4-5-7-18(16)23-3;2*3-2(4,5)1(6)7/h4-7,17H,8-15H2,1-3H3;2*(H,6,7). The van der Waals surface area contributed by atoms with Gasteiger partial charge in [-0.05, 0) is 38.8 Å². The van der Waals surface area contributed by atoms with E-state index in [-0.39, 0.29) is 0 Å². The number of para-hydroxylation sites is 1. The van der Waals surface area contributed by atoms with E-state index in [4.69, 9.17) is 29.3 Å². The molecule has 8 nitrogen and oxygen atoms in total. The Morgan fingerprint density at radius 3 is 1.89 bits per heavy atom. The molecule has 0 aliphatic carbocycles. The zero-order chi connectivity index (χ0) is 28.4. The molecule has 2 aliphatic heterocycles. The van der Waals surface area contributed by atoms with Crippen LogP contribution in [0.1, 0.15) is 31.2 Å². The van der Waals surface area contributed by atoms with E-state index in [9.17, 15) is 26.3 Å². The number of carboxylic acid groups (broad SMARTS) is 2. The number of hydrogen-bond acceptors (Lipinski definition) is 6. The largest absolute Gasteiger partial charge is 0.496 e. The molecule has 1 spiro atoms. The number of piperidine rings is 1. The molecule has 2 aliphatic rings. The Bertz CT molecular complexity index is 848. The number of halogens is 6. The molecule has 2 saturated heterocycles. The van der Waals surface area contributed by atoms with Crippen molar-refractivity contribution in [2.45, 2.75) is 56.2 Å². The first-order valence-electron chi connectivity index (χ1n) is 11.2. The van der Waals surface area contributed by atoms with Gasteiger partial charge in [0.05, 0.1) is 13.7 Å². The van der Waals surface area contributed by atoms with Crippen molar-refractivity contribution >= 4 is 11.9 Å². The van der Waals surface area contributed by atoms with Crippen molar-refractivity contribution in [1.29, 1.82) is 0 Å². The van der Waals surface area contributed by atoms with Gasteiger partial charge in [0.15, 0.2) is 0 Å². The lowest BCUT2D eigenvalue weighted by atomic mass is 9.85. The summed E-state index contributed by atoms with van der Waals surface area (Å²) in [6.45, 7) is 4.19. The van der Waals surface area contributed by atoms with E-state index < -0.39 is 24.3 Å². The van der Waals surface area contributed by atoms with Gasteiger partial charge < -0.3 is 19.7 Å². The molecule has 0 amide bonds. The highest BCUT2D eigenvalue weighted by molar-refractivity contribution is 5.73. The summed E-state index contributed by atoms with van der Waals surface area (Å²) in [5, 5.41) is 14.2. The van der Waals surface area contributed by atoms with Gasteiger partial charge in [0.2, 0.25) is 0 Å². The number of alkyl halides is 6. The lowest BCUT2D eigenvalue weighted by molar-refractivity contribution is -0.193. The SMILES string of the molecule is COCC1CCC2(CCN(Cc3ccccc3OC)CC2)N1C.O=C(O)C(F)(F)F.O=C(O)C(F)(F)F. The quantitative estimate of drug-likeness (QED) is 0.534. The fourth-order valence-corrected chi connectivity index (χ4v) is 4.38. The van der Waals surface area contributed by atoms with Gasteiger partial charge in [0.1, 0.15) is 5.75 Å². The highest BCUT2D eigenvalue weighted by Crippen LogP contribution is 2.41. The summed E-state index contributed by atoms with van der Waals surface area (Å²) >= 11 is 0. The minimum atomic E-state index is -5.08. The summed E-state index contributed by atoms with van der Waals surface area (Å²) in [5.41, 5.74) is 1.70. The maximum absolute atomic E-state index is 10.6. The van der Waals surface area contributed by atoms with Crippen LogP contribution in [0.15, 0.2) is 24.3 Å². The van der Waals surface area contributed by atoms with Crippen LogP contribution in [-0.4, -0.2) is 96.8 Å². The molecule has 2 fully saturated rings. The van der Waals surface area contributed by atoms with Crippen molar-refractivity contribution in [2.24, 2.45) is 0 Å². The Balaban J connectivity index is 0.000000404. The number of methoxy groups -OCH3 is 2. The molecule has 2 heterocycles. The van der Waals surface area contributed by atoms with Gasteiger partial charge in [0, 0.05) is 43.9 Å². The third-order valence-electron chi connectivity index (χ3n) is 6.46. The number of likely N-dealkylation sites (N-methyl/N-ethyl adjacent to an activating group) is 1. The van der Waals surface area contributed by atoms with Gasteiger partial charge in [-0.2, -0.15) is 26.3 Å². The summed E-state index contributed by atoms with van der Waals surface area (Å²) in [7, 11) is 5.87. The van der Waals surface area contributed by atoms with Crippen molar-refractivity contribution < 1.29 is 55.6 Å². The van der Waals surface area contributed by atoms with Crippen LogP contribution in [0, 0.1) is 0 Å². The zero-order valence-corrected chi connectivity index (χ0v) is 20.7. The van der Waals surface area contributed by atoms with Crippen LogP contribution in [0.2, 0.25) is 0 Å².